The van der Waals surface area contributed by atoms with Gasteiger partial charge in [-0.1, -0.05) is 11.7 Å². The van der Waals surface area contributed by atoms with Gasteiger partial charge in [0.25, 0.3) is 0 Å². The van der Waals surface area contributed by atoms with Gasteiger partial charge in [0.1, 0.15) is 0 Å². The lowest BCUT2D eigenvalue weighted by molar-refractivity contribution is 0.154. The van der Waals surface area contributed by atoms with E-state index in [-0.39, 0.29) is 0 Å². The highest BCUT2D eigenvalue weighted by molar-refractivity contribution is 5.77. The van der Waals surface area contributed by atoms with Crippen LogP contribution in [0.15, 0.2) is 17.3 Å². The summed E-state index contributed by atoms with van der Waals surface area (Å²) in [6.07, 6.45) is 0.771. The van der Waals surface area contributed by atoms with Gasteiger partial charge in [0.2, 0.25) is 0 Å². The highest BCUT2D eigenvalue weighted by Crippen LogP contribution is 1.81. The molecule has 0 aliphatic carbocycles. The third kappa shape index (κ3) is 4.83. The number of carbonyl (C=O) groups excluding carboxylic acids is 1. The van der Waals surface area contributed by atoms with E-state index in [1.54, 1.807) is 6.92 Å². The van der Waals surface area contributed by atoms with Crippen LogP contribution in [0.1, 0.15) is 6.92 Å². The molecule has 0 saturated carbocycles. The Morgan fingerprint density at radius 2 is 2.40 bits per heavy atom. The summed E-state index contributed by atoms with van der Waals surface area (Å²) >= 11 is 0. The fraction of sp³-hybridized carbons (Fsp3) is 0.333. The minimum Gasteiger partial charge on any atom is -0.323 e. The van der Waals surface area contributed by atoms with Crippen molar-refractivity contribution in [2.45, 2.75) is 6.92 Å². The normalized spacial score (nSPS) is 9.40. The van der Waals surface area contributed by atoms with Crippen molar-refractivity contribution in [2.24, 2.45) is 5.16 Å². The van der Waals surface area contributed by atoms with Crippen molar-refractivity contribution in [1.82, 2.24) is 5.32 Å². The number of rotatable bonds is 2. The molecule has 1 N–H and O–H groups in total. The van der Waals surface area contributed by atoms with Crippen molar-refractivity contribution in [1.29, 1.82) is 0 Å². The molecular formula is C6H10N2O2. The molecule has 0 unspecified atom stereocenters. The van der Waals surface area contributed by atoms with Crippen LogP contribution < -0.4 is 5.32 Å². The minimum atomic E-state index is -0.586. The van der Waals surface area contributed by atoms with Gasteiger partial charge in [-0.15, -0.1) is 0 Å². The first kappa shape index (κ1) is 8.68. The molecule has 0 fully saturated rings. The highest BCUT2D eigenvalue weighted by atomic mass is 16.7. The lowest BCUT2D eigenvalue weighted by Crippen LogP contribution is -2.16. The summed E-state index contributed by atoms with van der Waals surface area (Å²) in [7, 11) is 1.46. The van der Waals surface area contributed by atoms with Gasteiger partial charge in [-0.25, -0.2) is 4.79 Å². The van der Waals surface area contributed by atoms with E-state index in [9.17, 15) is 4.79 Å². The molecular weight excluding hydrogens is 132 g/mol. The Hall–Kier alpha value is -1.32. The van der Waals surface area contributed by atoms with E-state index in [2.05, 4.69) is 21.9 Å². The van der Waals surface area contributed by atoms with E-state index < -0.39 is 6.09 Å². The Balaban J connectivity index is 3.53. The van der Waals surface area contributed by atoms with E-state index in [1.165, 1.54) is 13.3 Å². The van der Waals surface area contributed by atoms with Gasteiger partial charge in [0, 0.05) is 7.05 Å². The topological polar surface area (TPSA) is 50.7 Å². The van der Waals surface area contributed by atoms with E-state index in [0.717, 1.165) is 5.57 Å². The lowest BCUT2D eigenvalue weighted by atomic mass is 10.4. The smallest absolute Gasteiger partial charge is 0.323 e. The molecule has 10 heavy (non-hydrogen) atoms. The average molecular weight is 142 g/mol. The zero-order valence-electron chi connectivity index (χ0n) is 6.05. The van der Waals surface area contributed by atoms with Crippen molar-refractivity contribution in [3.05, 3.63) is 12.2 Å². The summed E-state index contributed by atoms with van der Waals surface area (Å²) in [5.41, 5.74) is 0.726. The van der Waals surface area contributed by atoms with Crippen molar-refractivity contribution in [3.8, 4) is 0 Å². The third-order valence-corrected chi connectivity index (χ3v) is 0.613. The molecule has 0 atom stereocenters. The Bertz CT molecular complexity index is 163. The van der Waals surface area contributed by atoms with Crippen LogP contribution in [0.4, 0.5) is 4.79 Å². The number of amides is 1. The molecule has 0 aromatic rings. The first-order chi connectivity index (χ1) is 4.66. The maximum Gasteiger partial charge on any atom is 0.433 e. The Morgan fingerprint density at radius 3 is 2.80 bits per heavy atom. The summed E-state index contributed by atoms with van der Waals surface area (Å²) in [5, 5.41) is 5.54. The zero-order chi connectivity index (χ0) is 7.98. The maximum atomic E-state index is 10.3. The molecule has 0 aromatic carbocycles. The van der Waals surface area contributed by atoms with E-state index in [4.69, 9.17) is 0 Å². The second kappa shape index (κ2) is 4.55. The van der Waals surface area contributed by atoms with Crippen LogP contribution in [0.2, 0.25) is 0 Å². The number of allylic oxidation sites excluding steroid dienone is 1. The Morgan fingerprint density at radius 1 is 1.80 bits per heavy atom. The van der Waals surface area contributed by atoms with Crippen LogP contribution in [0.25, 0.3) is 0 Å². The van der Waals surface area contributed by atoms with Crippen LogP contribution in [-0.2, 0) is 4.84 Å². The standard InChI is InChI=1S/C6H10N2O2/c1-5(2)4-8-10-6(9)7-3/h4H,1H2,2-3H3,(H,7,9)/b8-4-. The first-order valence-electron chi connectivity index (χ1n) is 2.74. The second-order valence-corrected chi connectivity index (χ2v) is 1.71. The van der Waals surface area contributed by atoms with Gasteiger partial charge in [0.15, 0.2) is 0 Å². The monoisotopic (exact) mass is 142 g/mol. The van der Waals surface area contributed by atoms with Gasteiger partial charge < -0.3 is 5.32 Å². The molecule has 56 valence electrons. The summed E-state index contributed by atoms with van der Waals surface area (Å²) in [4.78, 5) is 14.6. The molecule has 0 spiro atoms. The molecule has 0 heterocycles. The van der Waals surface area contributed by atoms with Gasteiger partial charge >= 0.3 is 6.09 Å². The van der Waals surface area contributed by atoms with E-state index in [1.807, 2.05) is 0 Å². The molecule has 0 rings (SSSR count). The van der Waals surface area contributed by atoms with Crippen LogP contribution in [-0.4, -0.2) is 19.4 Å². The van der Waals surface area contributed by atoms with Crippen LogP contribution >= 0.6 is 0 Å². The summed E-state index contributed by atoms with van der Waals surface area (Å²) in [6, 6.07) is 0. The largest absolute Gasteiger partial charge is 0.433 e. The zero-order valence-corrected chi connectivity index (χ0v) is 6.05. The van der Waals surface area contributed by atoms with E-state index >= 15 is 0 Å². The first-order valence-corrected chi connectivity index (χ1v) is 2.74. The van der Waals surface area contributed by atoms with E-state index in [0.29, 0.717) is 0 Å². The molecule has 4 heteroatoms. The molecule has 0 bridgehead atoms. The van der Waals surface area contributed by atoms with Gasteiger partial charge in [-0.2, -0.15) is 0 Å². The Kier molecular flexibility index (Phi) is 3.95. The second-order valence-electron chi connectivity index (χ2n) is 1.71. The lowest BCUT2D eigenvalue weighted by Gasteiger charge is -1.92. The summed E-state index contributed by atoms with van der Waals surface area (Å²) in [5.74, 6) is 0. The predicted molar refractivity (Wildman–Crippen MR) is 38.8 cm³/mol. The Labute approximate surface area is 59.5 Å². The maximum absolute atomic E-state index is 10.3. The predicted octanol–water partition coefficient (Wildman–Crippen LogP) is 0.904. The number of oxime groups is 1. The molecule has 0 radical (unpaired) electrons. The highest BCUT2D eigenvalue weighted by Gasteiger charge is 1.91. The van der Waals surface area contributed by atoms with Gasteiger partial charge in [0.05, 0.1) is 6.21 Å². The van der Waals surface area contributed by atoms with Crippen LogP contribution in [0.5, 0.6) is 0 Å². The van der Waals surface area contributed by atoms with Crippen molar-refractivity contribution >= 4 is 12.3 Å². The van der Waals surface area contributed by atoms with Gasteiger partial charge in [-0.05, 0) is 12.5 Å². The molecule has 4 nitrogen and oxygen atoms in total. The third-order valence-electron chi connectivity index (χ3n) is 0.613. The SMILES string of the molecule is C=C(C)/C=N\OC(=O)NC. The number of carbonyl (C=O) groups is 1. The summed E-state index contributed by atoms with van der Waals surface area (Å²) in [6.45, 7) is 5.26. The number of hydrogen-bond donors (Lipinski definition) is 1. The molecule has 0 aliphatic heterocycles. The number of nitrogens with zero attached hydrogens (tertiary/aromatic N) is 1. The quantitative estimate of drug-likeness (QED) is 0.354. The fourth-order valence-corrected chi connectivity index (χ4v) is 0.210. The minimum absolute atomic E-state index is 0.586. The van der Waals surface area contributed by atoms with Crippen LogP contribution in [0.3, 0.4) is 0 Å². The number of hydrogen-bond acceptors (Lipinski definition) is 3. The molecule has 0 aromatic heterocycles. The summed E-state index contributed by atoms with van der Waals surface area (Å²) < 4.78 is 0. The van der Waals surface area contributed by atoms with Crippen LogP contribution in [0, 0.1) is 0 Å². The number of nitrogens with one attached hydrogen (secondary N) is 1. The molecule has 0 aliphatic rings. The van der Waals surface area contributed by atoms with Crippen molar-refractivity contribution in [2.75, 3.05) is 7.05 Å². The fourth-order valence-electron chi connectivity index (χ4n) is 0.210. The average Bonchev–Trinajstić information content (AvgIpc) is 1.87. The van der Waals surface area contributed by atoms with Crippen molar-refractivity contribution in [3.63, 3.8) is 0 Å². The molecule has 0 saturated heterocycles. The van der Waals surface area contributed by atoms with Crippen molar-refractivity contribution < 1.29 is 9.63 Å². The van der Waals surface area contributed by atoms with Gasteiger partial charge in [-0.3, -0.25) is 4.84 Å². The molecule has 1 amide bonds.